The Kier molecular flexibility index (Phi) is 5.88. The van der Waals surface area contributed by atoms with Gasteiger partial charge in [-0.2, -0.15) is 0 Å². The monoisotopic (exact) mass is 484 g/mol. The van der Waals surface area contributed by atoms with Crippen LogP contribution < -0.4 is 4.90 Å². The van der Waals surface area contributed by atoms with Gasteiger partial charge in [-0.25, -0.2) is 4.79 Å². The number of halogens is 1. The van der Waals surface area contributed by atoms with E-state index in [0.717, 1.165) is 32.7 Å². The number of anilines is 1. The van der Waals surface area contributed by atoms with Gasteiger partial charge in [0.15, 0.2) is 0 Å². The zero-order valence-electron chi connectivity index (χ0n) is 21.7. The molecule has 1 saturated heterocycles. The van der Waals surface area contributed by atoms with Crippen LogP contribution in [-0.2, 0) is 4.74 Å². The van der Waals surface area contributed by atoms with Gasteiger partial charge in [-0.3, -0.25) is 4.90 Å². The number of rotatable bonds is 5. The Morgan fingerprint density at radius 2 is 1.65 bits per heavy atom. The highest BCUT2D eigenvalue weighted by molar-refractivity contribution is 6.26. The van der Waals surface area contributed by atoms with Gasteiger partial charge in [-0.1, -0.05) is 25.0 Å². The van der Waals surface area contributed by atoms with Gasteiger partial charge in [-0.15, -0.1) is 11.6 Å². The molecule has 5 aliphatic rings. The topological polar surface area (TPSA) is 32.8 Å². The first-order valence-corrected chi connectivity index (χ1v) is 13.4. The van der Waals surface area contributed by atoms with E-state index in [9.17, 15) is 4.79 Å². The van der Waals surface area contributed by atoms with Crippen molar-refractivity contribution in [3.05, 3.63) is 41.0 Å². The Morgan fingerprint density at radius 3 is 2.21 bits per heavy atom. The summed E-state index contributed by atoms with van der Waals surface area (Å²) < 4.78 is 5.49. The van der Waals surface area contributed by atoms with Crippen LogP contribution in [0, 0.1) is 10.8 Å². The third-order valence-corrected chi connectivity index (χ3v) is 8.83. The lowest BCUT2D eigenvalue weighted by Crippen LogP contribution is -2.65. The zero-order valence-corrected chi connectivity index (χ0v) is 22.4. The van der Waals surface area contributed by atoms with Crippen LogP contribution in [0.5, 0.6) is 0 Å². The van der Waals surface area contributed by atoms with Crippen LogP contribution in [0.4, 0.5) is 5.69 Å². The molecule has 4 fully saturated rings. The van der Waals surface area contributed by atoms with E-state index in [1.54, 1.807) is 11.1 Å². The molecule has 0 aromatic heterocycles. The second-order valence-corrected chi connectivity index (χ2v) is 14.0. The van der Waals surface area contributed by atoms with Crippen LogP contribution in [0.3, 0.4) is 0 Å². The number of ether oxygens (including phenoxy) is 1. The third kappa shape index (κ3) is 4.78. The minimum Gasteiger partial charge on any atom is -0.456 e. The van der Waals surface area contributed by atoms with Crippen molar-refractivity contribution in [2.45, 2.75) is 83.6 Å². The molecule has 34 heavy (non-hydrogen) atoms. The Labute approximate surface area is 210 Å². The minimum absolute atomic E-state index is 0.149. The number of hydrogen-bond acceptors (Lipinski definition) is 4. The van der Waals surface area contributed by atoms with Crippen LogP contribution >= 0.6 is 11.6 Å². The molecule has 186 valence electrons. The first-order valence-electron chi connectivity index (χ1n) is 13.1. The molecule has 3 saturated carbocycles. The summed E-state index contributed by atoms with van der Waals surface area (Å²) in [6.45, 7) is 15.9. The highest BCUT2D eigenvalue weighted by Crippen LogP contribution is 2.75. The van der Waals surface area contributed by atoms with Gasteiger partial charge in [-0.05, 0) is 94.4 Å². The molecule has 1 heterocycles. The number of allylic oxidation sites excluding steroid dienone is 1. The van der Waals surface area contributed by atoms with E-state index >= 15 is 0 Å². The SMILES string of the molecule is CC1(C)CCC(C23CC(Cl)(C2)C3)=C(CN2CCN(c3ccc(C(=O)OC(C)(C)C)cc3)CC2)C1. The summed E-state index contributed by atoms with van der Waals surface area (Å²) in [6, 6.07) is 7.91. The molecular weight excluding hydrogens is 444 g/mol. The molecule has 1 aromatic carbocycles. The van der Waals surface area contributed by atoms with Crippen molar-refractivity contribution in [1.29, 1.82) is 0 Å². The predicted molar refractivity (Wildman–Crippen MR) is 140 cm³/mol. The quantitative estimate of drug-likeness (QED) is 0.274. The summed E-state index contributed by atoms with van der Waals surface area (Å²) in [4.78, 5) is 17.6. The van der Waals surface area contributed by atoms with Crippen LogP contribution in [0.25, 0.3) is 0 Å². The molecule has 0 amide bonds. The number of carbonyl (C=O) groups excluding carboxylic acids is 1. The second kappa shape index (κ2) is 8.27. The number of esters is 1. The summed E-state index contributed by atoms with van der Waals surface area (Å²) in [6.07, 6.45) is 7.48. The van der Waals surface area contributed by atoms with Crippen LogP contribution in [0.15, 0.2) is 35.4 Å². The minimum atomic E-state index is -0.473. The van der Waals surface area contributed by atoms with Gasteiger partial charge >= 0.3 is 5.97 Å². The normalized spacial score (nSPS) is 31.1. The van der Waals surface area contributed by atoms with Crippen molar-refractivity contribution < 1.29 is 9.53 Å². The molecule has 1 aliphatic heterocycles. The summed E-state index contributed by atoms with van der Waals surface area (Å²) in [5, 5.41) is 0. The number of hydrogen-bond donors (Lipinski definition) is 0. The van der Waals surface area contributed by atoms with Gasteiger partial charge in [0, 0.05) is 43.3 Å². The van der Waals surface area contributed by atoms with Crippen LogP contribution in [0.2, 0.25) is 0 Å². The van der Waals surface area contributed by atoms with Crippen molar-refractivity contribution in [3.8, 4) is 0 Å². The van der Waals surface area contributed by atoms with E-state index in [4.69, 9.17) is 16.3 Å². The Bertz CT molecular complexity index is 961. The maximum Gasteiger partial charge on any atom is 0.338 e. The van der Waals surface area contributed by atoms with Gasteiger partial charge in [0.1, 0.15) is 5.60 Å². The lowest BCUT2D eigenvalue weighted by molar-refractivity contribution is -0.0511. The average molecular weight is 485 g/mol. The molecule has 1 aromatic rings. The van der Waals surface area contributed by atoms with Crippen molar-refractivity contribution >= 4 is 23.3 Å². The Hall–Kier alpha value is -1.52. The molecule has 0 N–H and O–H groups in total. The lowest BCUT2D eigenvalue weighted by atomic mass is 9.39. The maximum atomic E-state index is 12.3. The predicted octanol–water partition coefficient (Wildman–Crippen LogP) is 6.43. The molecule has 0 radical (unpaired) electrons. The summed E-state index contributed by atoms with van der Waals surface area (Å²) in [5.41, 5.74) is 5.72. The van der Waals surface area contributed by atoms with Crippen molar-refractivity contribution in [2.24, 2.45) is 10.8 Å². The first-order chi connectivity index (χ1) is 15.9. The molecule has 0 spiro atoms. The number of piperazine rings is 1. The summed E-state index contributed by atoms with van der Waals surface area (Å²) >= 11 is 6.64. The van der Waals surface area contributed by atoms with Crippen molar-refractivity contribution in [2.75, 3.05) is 37.6 Å². The highest BCUT2D eigenvalue weighted by atomic mass is 35.5. The highest BCUT2D eigenvalue weighted by Gasteiger charge is 2.68. The van der Waals surface area contributed by atoms with E-state index < -0.39 is 5.60 Å². The van der Waals surface area contributed by atoms with E-state index in [1.165, 1.54) is 44.2 Å². The Balaban J connectivity index is 1.20. The summed E-state index contributed by atoms with van der Waals surface area (Å²) in [5.74, 6) is -0.257. The summed E-state index contributed by atoms with van der Waals surface area (Å²) in [7, 11) is 0. The molecule has 5 heteroatoms. The van der Waals surface area contributed by atoms with E-state index in [1.807, 2.05) is 32.9 Å². The maximum absolute atomic E-state index is 12.3. The van der Waals surface area contributed by atoms with Gasteiger partial charge in [0.05, 0.1) is 5.56 Å². The molecule has 0 atom stereocenters. The van der Waals surface area contributed by atoms with E-state index in [0.29, 0.717) is 16.4 Å². The molecule has 4 nitrogen and oxygen atoms in total. The fraction of sp³-hybridized carbons (Fsp3) is 0.690. The van der Waals surface area contributed by atoms with Gasteiger partial charge in [0.2, 0.25) is 0 Å². The van der Waals surface area contributed by atoms with E-state index in [2.05, 4.69) is 35.8 Å². The largest absolute Gasteiger partial charge is 0.456 e. The third-order valence-electron chi connectivity index (χ3n) is 8.43. The van der Waals surface area contributed by atoms with Crippen LogP contribution in [0.1, 0.15) is 83.5 Å². The number of nitrogens with zero attached hydrogens (tertiary/aromatic N) is 2. The van der Waals surface area contributed by atoms with Crippen molar-refractivity contribution in [3.63, 3.8) is 0 Å². The van der Waals surface area contributed by atoms with E-state index in [-0.39, 0.29) is 10.8 Å². The standard InChI is InChI=1S/C29H41ClN2O2/c1-26(2,3)34-25(33)21-6-8-23(9-7-21)32-14-12-31(13-15-32)17-22-16-27(4,5)11-10-24(22)28-18-29(30,19-28)20-28/h6-9H,10-20H2,1-5H3. The fourth-order valence-corrected chi connectivity index (χ4v) is 7.54. The average Bonchev–Trinajstić information content (AvgIpc) is 2.70. The second-order valence-electron chi connectivity index (χ2n) is 13.2. The van der Waals surface area contributed by atoms with Gasteiger partial charge in [0.25, 0.3) is 0 Å². The first kappa shape index (κ1) is 24.2. The smallest absolute Gasteiger partial charge is 0.338 e. The number of alkyl halides is 1. The Morgan fingerprint density at radius 1 is 1.03 bits per heavy atom. The van der Waals surface area contributed by atoms with Gasteiger partial charge < -0.3 is 9.64 Å². The number of benzene rings is 1. The zero-order chi connectivity index (χ0) is 24.4. The lowest BCUT2D eigenvalue weighted by Gasteiger charge is -2.70. The molecule has 0 unspecified atom stereocenters. The number of carbonyl (C=O) groups is 1. The van der Waals surface area contributed by atoms with Crippen LogP contribution in [-0.4, -0.2) is 54.1 Å². The molecular formula is C29H41ClN2O2. The molecule has 4 aliphatic carbocycles. The fourth-order valence-electron chi connectivity index (χ4n) is 6.77. The molecule has 6 rings (SSSR count). The van der Waals surface area contributed by atoms with Crippen molar-refractivity contribution in [1.82, 2.24) is 4.90 Å². The molecule has 2 bridgehead atoms.